The quantitative estimate of drug-likeness (QED) is 0.237. The normalized spacial score (nSPS) is 19.1. The van der Waals surface area contributed by atoms with Crippen LogP contribution in [0.2, 0.25) is 0 Å². The molecular weight excluding hydrogens is 518 g/mol. The number of likely N-dealkylation sites (tertiary alicyclic amines) is 3. The molecule has 3 fully saturated rings. The molecule has 0 atom stereocenters. The summed E-state index contributed by atoms with van der Waals surface area (Å²) in [7, 11) is 0. The van der Waals surface area contributed by atoms with Gasteiger partial charge in [-0.3, -0.25) is 0 Å². The third-order valence-corrected chi connectivity index (χ3v) is 7.87. The van der Waals surface area contributed by atoms with E-state index in [2.05, 4.69) is 90.9 Å². The van der Waals surface area contributed by atoms with Crippen LogP contribution in [0.15, 0.2) is 0 Å². The summed E-state index contributed by atoms with van der Waals surface area (Å²) in [4.78, 5) is 7.60. The molecule has 0 saturated carbocycles. The van der Waals surface area contributed by atoms with Gasteiger partial charge in [0.1, 0.15) is 0 Å². The van der Waals surface area contributed by atoms with Crippen LogP contribution < -0.4 is 0 Å². The lowest BCUT2D eigenvalue weighted by atomic mass is 10.1. The van der Waals surface area contributed by atoms with E-state index in [0.29, 0.717) is 0 Å². The fourth-order valence-electron chi connectivity index (χ4n) is 5.35. The zero-order chi connectivity index (χ0) is 31.9. The van der Waals surface area contributed by atoms with Crippen LogP contribution in [-0.2, 0) is 9.47 Å². The molecule has 0 bridgehead atoms. The van der Waals surface area contributed by atoms with Gasteiger partial charge in [0.2, 0.25) is 0 Å². The number of hydrogen-bond donors (Lipinski definition) is 0. The maximum Gasteiger partial charge on any atom is 0.0600 e. The van der Waals surface area contributed by atoms with Crippen LogP contribution in [0.3, 0.4) is 0 Å². The Balaban J connectivity index is 0.000000553. The molecule has 0 aromatic carbocycles. The van der Waals surface area contributed by atoms with Crippen molar-refractivity contribution in [3.05, 3.63) is 0 Å². The number of nitrogens with zero attached hydrogens (tertiary/aromatic N) is 3. The molecule has 0 spiro atoms. The van der Waals surface area contributed by atoms with Crippen LogP contribution in [0.1, 0.15) is 147 Å². The molecule has 0 N–H and O–H groups in total. The van der Waals surface area contributed by atoms with Gasteiger partial charge in [-0.25, -0.2) is 0 Å². The smallest absolute Gasteiger partial charge is 0.0600 e. The lowest BCUT2D eigenvalue weighted by molar-refractivity contribution is -0.0150. The second-order valence-electron chi connectivity index (χ2n) is 15.6. The Morgan fingerprint density at radius 1 is 0.476 bits per heavy atom. The van der Waals surface area contributed by atoms with Crippen molar-refractivity contribution in [2.75, 3.05) is 72.1 Å². The van der Waals surface area contributed by atoms with Crippen LogP contribution in [-0.4, -0.2) is 98.0 Å². The fraction of sp³-hybridized carbons (Fsp3) is 1.00. The molecule has 0 aromatic heterocycles. The lowest BCUT2D eigenvalue weighted by Gasteiger charge is -2.28. The molecule has 5 heteroatoms. The molecule has 3 aliphatic rings. The molecule has 0 aromatic rings. The predicted octanol–water partition coefficient (Wildman–Crippen LogP) is 9.15. The second-order valence-corrected chi connectivity index (χ2v) is 15.6. The first-order valence-electron chi connectivity index (χ1n) is 18.2. The summed E-state index contributed by atoms with van der Waals surface area (Å²) in [6.07, 6.45) is 15.2. The van der Waals surface area contributed by atoms with E-state index in [0.717, 1.165) is 38.1 Å². The molecule has 0 unspecified atom stereocenters. The van der Waals surface area contributed by atoms with Crippen molar-refractivity contribution in [1.29, 1.82) is 0 Å². The molecule has 42 heavy (non-hydrogen) atoms. The highest BCUT2D eigenvalue weighted by molar-refractivity contribution is 4.67. The van der Waals surface area contributed by atoms with Crippen LogP contribution in [0, 0.1) is 11.8 Å². The molecule has 5 nitrogen and oxygen atoms in total. The Morgan fingerprint density at radius 2 is 0.786 bits per heavy atom. The summed E-state index contributed by atoms with van der Waals surface area (Å²) in [5.41, 5.74) is 0.0472. The van der Waals surface area contributed by atoms with Crippen molar-refractivity contribution in [2.45, 2.75) is 158 Å². The third kappa shape index (κ3) is 29.9. The van der Waals surface area contributed by atoms with E-state index in [9.17, 15) is 0 Å². The molecule has 3 aliphatic heterocycles. The van der Waals surface area contributed by atoms with E-state index in [1.54, 1.807) is 0 Å². The molecule has 0 aliphatic carbocycles. The molecule has 254 valence electrons. The van der Waals surface area contributed by atoms with Crippen molar-refractivity contribution < 1.29 is 9.47 Å². The van der Waals surface area contributed by atoms with Gasteiger partial charge in [-0.2, -0.15) is 0 Å². The van der Waals surface area contributed by atoms with Gasteiger partial charge in [0.25, 0.3) is 0 Å². The van der Waals surface area contributed by atoms with Gasteiger partial charge in [0, 0.05) is 13.1 Å². The summed E-state index contributed by atoms with van der Waals surface area (Å²) < 4.78 is 11.4. The van der Waals surface area contributed by atoms with E-state index >= 15 is 0 Å². The minimum atomic E-state index is 0.0236. The van der Waals surface area contributed by atoms with Crippen molar-refractivity contribution in [2.24, 2.45) is 11.8 Å². The standard InChI is InChI=1S/2C11H23NO.C9H19N.C6H14/c2*1-11(2,3)13-10-9-12-7-5-4-6-8-12;1-9(2)5-8-10-6-3-4-7-10;1-4-5-6(2)3/h2*4-10H2,1-3H3;9H,3-8H2,1-2H3;6H,4-5H2,1-3H3. The molecule has 0 radical (unpaired) electrons. The Kier molecular flexibility index (Phi) is 24.9. The van der Waals surface area contributed by atoms with Crippen LogP contribution in [0.5, 0.6) is 0 Å². The SMILES string of the molecule is CC(C)(C)OCCN1CCCCC1.CC(C)(C)OCCN1CCCCC1.CC(C)CCN1CCCC1.CCCC(C)C. The minimum absolute atomic E-state index is 0.0236. The van der Waals surface area contributed by atoms with Crippen molar-refractivity contribution in [1.82, 2.24) is 14.7 Å². The van der Waals surface area contributed by atoms with E-state index in [4.69, 9.17) is 9.47 Å². The Labute approximate surface area is 265 Å². The van der Waals surface area contributed by atoms with Crippen LogP contribution >= 0.6 is 0 Å². The first-order valence-corrected chi connectivity index (χ1v) is 18.2. The van der Waals surface area contributed by atoms with Crippen molar-refractivity contribution in [3.8, 4) is 0 Å². The Bertz CT molecular complexity index is 531. The highest BCUT2D eigenvalue weighted by Gasteiger charge is 2.14. The minimum Gasteiger partial charge on any atom is -0.375 e. The average molecular weight is 598 g/mol. The molecule has 0 amide bonds. The van der Waals surface area contributed by atoms with Crippen molar-refractivity contribution >= 4 is 0 Å². The second kappa shape index (κ2) is 25.0. The van der Waals surface area contributed by atoms with Crippen molar-refractivity contribution in [3.63, 3.8) is 0 Å². The monoisotopic (exact) mass is 598 g/mol. The van der Waals surface area contributed by atoms with Gasteiger partial charge in [-0.15, -0.1) is 0 Å². The number of piperidine rings is 2. The third-order valence-electron chi connectivity index (χ3n) is 7.87. The van der Waals surface area contributed by atoms with Gasteiger partial charge in [0.15, 0.2) is 0 Å². The maximum atomic E-state index is 5.69. The van der Waals surface area contributed by atoms with Gasteiger partial charge >= 0.3 is 0 Å². The zero-order valence-corrected chi connectivity index (χ0v) is 30.9. The zero-order valence-electron chi connectivity index (χ0n) is 30.9. The topological polar surface area (TPSA) is 28.2 Å². The summed E-state index contributed by atoms with van der Waals surface area (Å²) in [6, 6.07) is 0. The van der Waals surface area contributed by atoms with E-state index in [1.807, 2.05) is 0 Å². The number of hydrogen-bond acceptors (Lipinski definition) is 5. The first kappa shape index (κ1) is 41.8. The molecule has 3 saturated heterocycles. The lowest BCUT2D eigenvalue weighted by Crippen LogP contribution is -2.34. The van der Waals surface area contributed by atoms with Crippen LogP contribution in [0.25, 0.3) is 0 Å². The highest BCUT2D eigenvalue weighted by Crippen LogP contribution is 2.12. The Hall–Kier alpha value is -0.200. The average Bonchev–Trinajstić information content (AvgIpc) is 3.42. The van der Waals surface area contributed by atoms with E-state index < -0.39 is 0 Å². The first-order chi connectivity index (χ1) is 19.7. The summed E-state index contributed by atoms with van der Waals surface area (Å²) >= 11 is 0. The summed E-state index contributed by atoms with van der Waals surface area (Å²) in [5.74, 6) is 1.77. The highest BCUT2D eigenvalue weighted by atomic mass is 16.5. The van der Waals surface area contributed by atoms with Gasteiger partial charge in [0.05, 0.1) is 24.4 Å². The predicted molar refractivity (Wildman–Crippen MR) is 187 cm³/mol. The van der Waals surface area contributed by atoms with Gasteiger partial charge < -0.3 is 24.2 Å². The number of ether oxygens (including phenoxy) is 2. The largest absolute Gasteiger partial charge is 0.375 e. The number of rotatable bonds is 11. The molecule has 3 heterocycles. The van der Waals surface area contributed by atoms with E-state index in [-0.39, 0.29) is 11.2 Å². The van der Waals surface area contributed by atoms with E-state index in [1.165, 1.54) is 116 Å². The Morgan fingerprint density at radius 3 is 1.05 bits per heavy atom. The van der Waals surface area contributed by atoms with Crippen LogP contribution in [0.4, 0.5) is 0 Å². The van der Waals surface area contributed by atoms with Gasteiger partial charge in [-0.1, -0.05) is 60.3 Å². The molecular formula is C37H79N3O2. The van der Waals surface area contributed by atoms with Gasteiger partial charge in [-0.05, 0) is 144 Å². The molecule has 3 rings (SSSR count). The summed E-state index contributed by atoms with van der Waals surface area (Å²) in [6.45, 7) is 37.1. The maximum absolute atomic E-state index is 5.69. The fourth-order valence-corrected chi connectivity index (χ4v) is 5.35. The summed E-state index contributed by atoms with van der Waals surface area (Å²) in [5, 5.41) is 0.